The molecule has 0 amide bonds. The molecule has 0 unspecified atom stereocenters. The van der Waals surface area contributed by atoms with Crippen LogP contribution in [0.3, 0.4) is 0 Å². The maximum absolute atomic E-state index is 12.1. The molecular formula is C22H16O6. The van der Waals surface area contributed by atoms with Crippen molar-refractivity contribution in [3.05, 3.63) is 77.2 Å². The highest BCUT2D eigenvalue weighted by Crippen LogP contribution is 2.25. The van der Waals surface area contributed by atoms with Gasteiger partial charge in [-0.1, -0.05) is 12.1 Å². The summed E-state index contributed by atoms with van der Waals surface area (Å²) >= 11 is 0. The number of hydrogen-bond acceptors (Lipinski definition) is 6. The van der Waals surface area contributed by atoms with Crippen molar-refractivity contribution in [3.63, 3.8) is 0 Å². The molecule has 1 aromatic heterocycles. The fraction of sp³-hybridized carbons (Fsp3) is 0.0909. The summed E-state index contributed by atoms with van der Waals surface area (Å²) in [4.78, 5) is 23.4. The van der Waals surface area contributed by atoms with Crippen molar-refractivity contribution in [2.24, 2.45) is 0 Å². The lowest BCUT2D eigenvalue weighted by atomic mass is 10.1. The number of fused-ring (bicyclic) bond motifs is 2. The lowest BCUT2D eigenvalue weighted by molar-refractivity contribution is -0.136. The molecular weight excluding hydrogens is 360 g/mol. The highest BCUT2D eigenvalue weighted by atomic mass is 16.6. The van der Waals surface area contributed by atoms with E-state index in [1.54, 1.807) is 43.5 Å². The number of carbonyl (C=O) groups excluding carboxylic acids is 1. The molecule has 0 N–H and O–H groups in total. The van der Waals surface area contributed by atoms with Gasteiger partial charge in [0.25, 0.3) is 0 Å². The Bertz CT molecular complexity index is 1220. The van der Waals surface area contributed by atoms with Gasteiger partial charge >= 0.3 is 11.6 Å². The van der Waals surface area contributed by atoms with Gasteiger partial charge in [-0.25, -0.2) is 9.59 Å². The van der Waals surface area contributed by atoms with Gasteiger partial charge in [-0.15, -0.1) is 0 Å². The van der Waals surface area contributed by atoms with Crippen LogP contribution in [0.2, 0.25) is 0 Å². The van der Waals surface area contributed by atoms with Crippen LogP contribution in [0.5, 0.6) is 17.2 Å². The summed E-state index contributed by atoms with van der Waals surface area (Å²) in [6, 6.07) is 19.0. The van der Waals surface area contributed by atoms with Gasteiger partial charge in [-0.2, -0.15) is 0 Å². The summed E-state index contributed by atoms with van der Waals surface area (Å²) in [5.41, 5.74) is -0.0566. The van der Waals surface area contributed by atoms with Gasteiger partial charge in [-0.05, 0) is 53.2 Å². The summed E-state index contributed by atoms with van der Waals surface area (Å²) in [6.45, 7) is -0.279. The van der Waals surface area contributed by atoms with Crippen LogP contribution >= 0.6 is 0 Å². The fourth-order valence-corrected chi connectivity index (χ4v) is 2.83. The number of esters is 1. The van der Waals surface area contributed by atoms with Crippen LogP contribution in [0.15, 0.2) is 75.9 Å². The smallest absolute Gasteiger partial charge is 0.349 e. The molecule has 1 heterocycles. The van der Waals surface area contributed by atoms with E-state index in [4.69, 9.17) is 18.6 Å². The summed E-state index contributed by atoms with van der Waals surface area (Å²) < 4.78 is 21.1. The van der Waals surface area contributed by atoms with Crippen LogP contribution in [0.25, 0.3) is 21.7 Å². The molecule has 140 valence electrons. The molecule has 0 aliphatic heterocycles. The predicted molar refractivity (Wildman–Crippen MR) is 104 cm³/mol. The van der Waals surface area contributed by atoms with Gasteiger partial charge in [0.15, 0.2) is 6.61 Å². The first kappa shape index (κ1) is 17.6. The van der Waals surface area contributed by atoms with Crippen molar-refractivity contribution in [1.82, 2.24) is 0 Å². The Morgan fingerprint density at radius 2 is 1.50 bits per heavy atom. The average Bonchev–Trinajstić information content (AvgIpc) is 2.71. The second-order valence-corrected chi connectivity index (χ2v) is 6.09. The minimum atomic E-state index is -0.545. The van der Waals surface area contributed by atoms with E-state index in [2.05, 4.69) is 0 Å². The Morgan fingerprint density at radius 1 is 0.821 bits per heavy atom. The molecule has 0 aliphatic rings. The topological polar surface area (TPSA) is 75.0 Å². The molecule has 6 heteroatoms. The van der Waals surface area contributed by atoms with Crippen LogP contribution in [-0.2, 0) is 4.79 Å². The average molecular weight is 376 g/mol. The highest BCUT2D eigenvalue weighted by Gasteiger charge is 2.08. The largest absolute Gasteiger partial charge is 0.497 e. The monoisotopic (exact) mass is 376 g/mol. The number of rotatable bonds is 5. The molecule has 0 fully saturated rings. The van der Waals surface area contributed by atoms with E-state index < -0.39 is 11.6 Å². The van der Waals surface area contributed by atoms with Crippen molar-refractivity contribution >= 4 is 27.7 Å². The van der Waals surface area contributed by atoms with Gasteiger partial charge in [-0.3, -0.25) is 0 Å². The predicted octanol–water partition coefficient (Wildman–Crippen LogP) is 3.94. The van der Waals surface area contributed by atoms with E-state index in [1.165, 1.54) is 6.07 Å². The molecule has 0 saturated heterocycles. The first-order valence-corrected chi connectivity index (χ1v) is 8.56. The third-order valence-electron chi connectivity index (χ3n) is 4.20. The molecule has 0 saturated carbocycles. The third kappa shape index (κ3) is 3.81. The van der Waals surface area contributed by atoms with Gasteiger partial charge in [0, 0.05) is 17.5 Å². The minimum absolute atomic E-state index is 0.279. The quantitative estimate of drug-likeness (QED) is 0.298. The SMILES string of the molecule is COc1ccc2ccc(OC(=O)COc3ccc4ccc(=O)oc4c3)cc2c1. The normalized spacial score (nSPS) is 10.8. The molecule has 0 spiro atoms. The number of methoxy groups -OCH3 is 1. The van der Waals surface area contributed by atoms with E-state index in [0.29, 0.717) is 17.1 Å². The maximum Gasteiger partial charge on any atom is 0.349 e. The van der Waals surface area contributed by atoms with E-state index in [0.717, 1.165) is 21.9 Å². The third-order valence-corrected chi connectivity index (χ3v) is 4.20. The number of hydrogen-bond donors (Lipinski definition) is 0. The Balaban J connectivity index is 1.44. The maximum atomic E-state index is 12.1. The molecule has 6 nitrogen and oxygen atoms in total. The first-order valence-electron chi connectivity index (χ1n) is 8.56. The molecule has 3 aromatic carbocycles. The summed E-state index contributed by atoms with van der Waals surface area (Å²) in [7, 11) is 1.60. The molecule has 0 aliphatic carbocycles. The highest BCUT2D eigenvalue weighted by molar-refractivity contribution is 5.86. The van der Waals surface area contributed by atoms with Crippen LogP contribution in [0, 0.1) is 0 Å². The van der Waals surface area contributed by atoms with E-state index in [-0.39, 0.29) is 6.61 Å². The van der Waals surface area contributed by atoms with Crippen molar-refractivity contribution in [2.45, 2.75) is 0 Å². The van der Waals surface area contributed by atoms with Crippen LogP contribution < -0.4 is 19.8 Å². The van der Waals surface area contributed by atoms with Crippen LogP contribution in [0.1, 0.15) is 0 Å². The van der Waals surface area contributed by atoms with Crippen molar-refractivity contribution in [1.29, 1.82) is 0 Å². The molecule has 0 atom stereocenters. The van der Waals surface area contributed by atoms with Crippen LogP contribution in [0.4, 0.5) is 0 Å². The van der Waals surface area contributed by atoms with Crippen molar-refractivity contribution in [2.75, 3.05) is 13.7 Å². The summed E-state index contributed by atoms with van der Waals surface area (Å²) in [6.07, 6.45) is 0. The van der Waals surface area contributed by atoms with Crippen LogP contribution in [-0.4, -0.2) is 19.7 Å². The van der Waals surface area contributed by atoms with Gasteiger partial charge in [0.05, 0.1) is 7.11 Å². The second-order valence-electron chi connectivity index (χ2n) is 6.09. The zero-order valence-electron chi connectivity index (χ0n) is 15.0. The summed E-state index contributed by atoms with van der Waals surface area (Å²) in [5.74, 6) is 1.00. The lowest BCUT2D eigenvalue weighted by Crippen LogP contribution is -2.17. The Morgan fingerprint density at radius 3 is 2.32 bits per heavy atom. The van der Waals surface area contributed by atoms with Crippen molar-refractivity contribution in [3.8, 4) is 17.2 Å². The van der Waals surface area contributed by atoms with Gasteiger partial charge < -0.3 is 18.6 Å². The second kappa shape index (κ2) is 7.44. The molecule has 4 aromatic rings. The zero-order valence-corrected chi connectivity index (χ0v) is 15.0. The number of ether oxygens (including phenoxy) is 3. The van der Waals surface area contributed by atoms with E-state index >= 15 is 0 Å². The zero-order chi connectivity index (χ0) is 19.5. The lowest BCUT2D eigenvalue weighted by Gasteiger charge is -2.08. The number of carbonyl (C=O) groups is 1. The minimum Gasteiger partial charge on any atom is -0.497 e. The Labute approximate surface area is 159 Å². The number of benzene rings is 3. The molecule has 0 radical (unpaired) electrons. The van der Waals surface area contributed by atoms with E-state index in [1.807, 2.05) is 24.3 Å². The van der Waals surface area contributed by atoms with Crippen molar-refractivity contribution < 1.29 is 23.4 Å². The summed E-state index contributed by atoms with van der Waals surface area (Å²) in [5, 5.41) is 2.67. The van der Waals surface area contributed by atoms with Gasteiger partial charge in [0.1, 0.15) is 22.8 Å². The van der Waals surface area contributed by atoms with E-state index in [9.17, 15) is 9.59 Å². The first-order chi connectivity index (χ1) is 13.6. The standard InChI is InChI=1S/C22H16O6/c1-25-17-6-2-14-3-8-19(11-16(14)10-17)27-22(24)13-26-18-7-4-15-5-9-21(23)28-20(15)12-18/h2-12H,13H2,1H3. The Kier molecular flexibility index (Phi) is 4.68. The molecule has 4 rings (SSSR count). The molecule has 28 heavy (non-hydrogen) atoms. The Hall–Kier alpha value is -3.80. The fourth-order valence-electron chi connectivity index (χ4n) is 2.83. The molecule has 0 bridgehead atoms. The van der Waals surface area contributed by atoms with Gasteiger partial charge in [0.2, 0.25) is 0 Å².